The minimum Gasteiger partial charge on any atom is -0.497 e. The lowest BCUT2D eigenvalue weighted by Gasteiger charge is -2.15. The molecule has 1 heterocycles. The Balaban J connectivity index is 0.00000450. The summed E-state index contributed by atoms with van der Waals surface area (Å²) in [6, 6.07) is 11.2. The van der Waals surface area contributed by atoms with Gasteiger partial charge < -0.3 is 25.4 Å². The van der Waals surface area contributed by atoms with Crippen molar-refractivity contribution < 1.29 is 14.3 Å². The highest BCUT2D eigenvalue weighted by Gasteiger charge is 2.07. The van der Waals surface area contributed by atoms with Crippen molar-refractivity contribution in [2.24, 2.45) is 4.99 Å². The van der Waals surface area contributed by atoms with Gasteiger partial charge in [0, 0.05) is 25.7 Å². The molecule has 1 aromatic carbocycles. The highest BCUT2D eigenvalue weighted by molar-refractivity contribution is 14.0. The fraction of sp³-hybridized carbons (Fsp3) is 0.429. The largest absolute Gasteiger partial charge is 0.497 e. The van der Waals surface area contributed by atoms with Gasteiger partial charge in [0.05, 0.1) is 18.5 Å². The summed E-state index contributed by atoms with van der Waals surface area (Å²) in [4.78, 5) is 17.2. The van der Waals surface area contributed by atoms with Crippen LogP contribution in [0.2, 0.25) is 0 Å². The van der Waals surface area contributed by atoms with Gasteiger partial charge in [0.1, 0.15) is 17.6 Å². The molecule has 0 aliphatic carbocycles. The number of ether oxygens (including phenoxy) is 2. The van der Waals surface area contributed by atoms with Crippen molar-refractivity contribution in [3.05, 3.63) is 46.7 Å². The van der Waals surface area contributed by atoms with Crippen LogP contribution in [-0.4, -0.2) is 51.3 Å². The van der Waals surface area contributed by atoms with Crippen molar-refractivity contribution in [3.63, 3.8) is 0 Å². The molecule has 0 saturated heterocycles. The third kappa shape index (κ3) is 9.66. The van der Waals surface area contributed by atoms with Crippen molar-refractivity contribution in [2.75, 3.05) is 33.3 Å². The molecule has 0 fully saturated rings. The third-order valence-corrected chi connectivity index (χ3v) is 4.77. The quantitative estimate of drug-likeness (QED) is 0.174. The van der Waals surface area contributed by atoms with Crippen molar-refractivity contribution in [2.45, 2.75) is 26.4 Å². The van der Waals surface area contributed by atoms with Gasteiger partial charge >= 0.3 is 0 Å². The van der Waals surface area contributed by atoms with Gasteiger partial charge in [-0.15, -0.1) is 35.3 Å². The number of hydrogen-bond acceptors (Lipinski definition) is 5. The minimum atomic E-state index is -0.0809. The Hall–Kier alpha value is -2.01. The van der Waals surface area contributed by atoms with E-state index < -0.39 is 0 Å². The van der Waals surface area contributed by atoms with Crippen LogP contribution in [0.4, 0.5) is 0 Å². The number of carbonyl (C=O) groups excluding carboxylic acids is 1. The molecule has 1 atom stereocenters. The Labute approximate surface area is 199 Å². The molecule has 2 rings (SSSR count). The van der Waals surface area contributed by atoms with E-state index in [4.69, 9.17) is 9.47 Å². The summed E-state index contributed by atoms with van der Waals surface area (Å²) in [5.41, 5.74) is 0. The van der Waals surface area contributed by atoms with Gasteiger partial charge in [-0.2, -0.15) is 0 Å². The number of aliphatic imine (C=N–C) groups is 1. The maximum absolute atomic E-state index is 11.9. The molecular weight excluding hydrogens is 515 g/mol. The number of halogens is 1. The Bertz CT molecular complexity index is 771. The molecule has 1 unspecified atom stereocenters. The lowest BCUT2D eigenvalue weighted by Crippen LogP contribution is -2.39. The summed E-state index contributed by atoms with van der Waals surface area (Å²) in [6.07, 6.45) is 0.722. The van der Waals surface area contributed by atoms with Gasteiger partial charge in [-0.3, -0.25) is 4.79 Å². The number of nitrogens with one attached hydrogen (secondary N) is 3. The monoisotopic (exact) mass is 546 g/mol. The predicted molar refractivity (Wildman–Crippen MR) is 134 cm³/mol. The molecule has 0 bridgehead atoms. The van der Waals surface area contributed by atoms with Crippen molar-refractivity contribution in [3.8, 4) is 11.5 Å². The number of amides is 1. The average Bonchev–Trinajstić information content (AvgIpc) is 3.26. The zero-order valence-corrected chi connectivity index (χ0v) is 20.8. The SMILES string of the molecule is CCNC(=NCC(C)Oc1cccc(OC)c1)NCCCNC(=O)c1cccs1.I. The maximum atomic E-state index is 11.9. The topological polar surface area (TPSA) is 84.0 Å². The second-order valence-corrected chi connectivity index (χ2v) is 7.29. The van der Waals surface area contributed by atoms with Crippen LogP contribution in [0.5, 0.6) is 11.5 Å². The maximum Gasteiger partial charge on any atom is 0.261 e. The fourth-order valence-electron chi connectivity index (χ4n) is 2.50. The highest BCUT2D eigenvalue weighted by Crippen LogP contribution is 2.19. The summed E-state index contributed by atoms with van der Waals surface area (Å²) < 4.78 is 11.1. The number of benzene rings is 1. The Morgan fingerprint density at radius 3 is 2.60 bits per heavy atom. The summed E-state index contributed by atoms with van der Waals surface area (Å²) in [6.45, 7) is 6.61. The molecule has 166 valence electrons. The van der Waals surface area contributed by atoms with E-state index in [0.29, 0.717) is 19.6 Å². The summed E-state index contributed by atoms with van der Waals surface area (Å²) in [5.74, 6) is 2.23. The van der Waals surface area contributed by atoms with E-state index in [9.17, 15) is 4.79 Å². The molecule has 7 nitrogen and oxygen atoms in total. The normalized spacial score (nSPS) is 11.8. The molecule has 0 aliphatic rings. The Kier molecular flexibility index (Phi) is 12.9. The molecule has 0 aliphatic heterocycles. The van der Waals surface area contributed by atoms with E-state index in [1.807, 2.05) is 55.6 Å². The van der Waals surface area contributed by atoms with Crippen molar-refractivity contribution in [1.29, 1.82) is 0 Å². The van der Waals surface area contributed by atoms with Crippen LogP contribution in [0.15, 0.2) is 46.8 Å². The van der Waals surface area contributed by atoms with E-state index in [1.54, 1.807) is 7.11 Å². The first-order valence-corrected chi connectivity index (χ1v) is 10.6. The Morgan fingerprint density at radius 1 is 1.13 bits per heavy atom. The minimum absolute atomic E-state index is 0. The summed E-state index contributed by atoms with van der Waals surface area (Å²) in [7, 11) is 1.63. The van der Waals surface area contributed by atoms with E-state index in [0.717, 1.165) is 35.3 Å². The smallest absolute Gasteiger partial charge is 0.261 e. The van der Waals surface area contributed by atoms with Crippen molar-refractivity contribution >= 4 is 47.2 Å². The second-order valence-electron chi connectivity index (χ2n) is 6.34. The molecule has 0 spiro atoms. The lowest BCUT2D eigenvalue weighted by atomic mass is 10.3. The van der Waals surface area contributed by atoms with Crippen LogP contribution in [0.25, 0.3) is 0 Å². The zero-order valence-electron chi connectivity index (χ0n) is 17.6. The fourth-order valence-corrected chi connectivity index (χ4v) is 3.14. The van der Waals surface area contributed by atoms with E-state index in [2.05, 4.69) is 20.9 Å². The van der Waals surface area contributed by atoms with Crippen LogP contribution in [0.3, 0.4) is 0 Å². The van der Waals surface area contributed by atoms with E-state index in [1.165, 1.54) is 11.3 Å². The summed E-state index contributed by atoms with van der Waals surface area (Å²) in [5, 5.41) is 11.3. The first-order valence-electron chi connectivity index (χ1n) is 9.77. The molecular formula is C21H31IN4O3S. The second kappa shape index (κ2) is 14.9. The summed E-state index contributed by atoms with van der Waals surface area (Å²) >= 11 is 1.44. The van der Waals surface area contributed by atoms with Gasteiger partial charge in [0.2, 0.25) is 0 Å². The molecule has 3 N–H and O–H groups in total. The predicted octanol–water partition coefficient (Wildman–Crippen LogP) is 3.52. The molecule has 30 heavy (non-hydrogen) atoms. The highest BCUT2D eigenvalue weighted by atomic mass is 127. The first kappa shape index (κ1) is 26.0. The van der Waals surface area contributed by atoms with Gasteiger partial charge in [0.15, 0.2) is 5.96 Å². The molecule has 9 heteroatoms. The van der Waals surface area contributed by atoms with Gasteiger partial charge in [-0.05, 0) is 43.8 Å². The van der Waals surface area contributed by atoms with E-state index in [-0.39, 0.29) is 36.0 Å². The number of thiophene rings is 1. The van der Waals surface area contributed by atoms with Crippen LogP contribution in [0, 0.1) is 0 Å². The number of nitrogens with zero attached hydrogens (tertiary/aromatic N) is 1. The van der Waals surface area contributed by atoms with Gasteiger partial charge in [-0.1, -0.05) is 12.1 Å². The van der Waals surface area contributed by atoms with Gasteiger partial charge in [-0.25, -0.2) is 4.99 Å². The number of carbonyl (C=O) groups is 1. The van der Waals surface area contributed by atoms with Crippen LogP contribution >= 0.6 is 35.3 Å². The number of hydrogen-bond donors (Lipinski definition) is 3. The molecule has 1 aromatic heterocycles. The number of methoxy groups -OCH3 is 1. The van der Waals surface area contributed by atoms with Crippen LogP contribution in [-0.2, 0) is 0 Å². The molecule has 1 amide bonds. The standard InChI is InChI=1S/C21H30N4O3S.HI/c1-4-22-21(24-12-7-11-23-20(26)19-10-6-13-29-19)25-15-16(2)28-18-9-5-8-17(14-18)27-3;/h5-6,8-10,13-14,16H,4,7,11-12,15H2,1-3H3,(H,23,26)(H2,22,24,25);1H. The average molecular weight is 546 g/mol. The molecule has 0 saturated carbocycles. The first-order chi connectivity index (χ1) is 14.1. The molecule has 2 aromatic rings. The van der Waals surface area contributed by atoms with Crippen LogP contribution in [0.1, 0.15) is 29.9 Å². The van der Waals surface area contributed by atoms with E-state index >= 15 is 0 Å². The van der Waals surface area contributed by atoms with Crippen LogP contribution < -0.4 is 25.4 Å². The lowest BCUT2D eigenvalue weighted by molar-refractivity contribution is 0.0957. The number of guanidine groups is 1. The third-order valence-electron chi connectivity index (χ3n) is 3.91. The zero-order chi connectivity index (χ0) is 20.9. The Morgan fingerprint density at radius 2 is 1.90 bits per heavy atom. The van der Waals surface area contributed by atoms with Gasteiger partial charge in [0.25, 0.3) is 5.91 Å². The molecule has 0 radical (unpaired) electrons. The number of rotatable bonds is 11. The van der Waals surface area contributed by atoms with Crippen molar-refractivity contribution in [1.82, 2.24) is 16.0 Å².